The largest absolute Gasteiger partial charge is 0.404 e. The van der Waals surface area contributed by atoms with Crippen LogP contribution in [-0.4, -0.2) is 29.4 Å². The van der Waals surface area contributed by atoms with Crippen molar-refractivity contribution in [3.8, 4) is 0 Å². The molecule has 3 atom stereocenters. The van der Waals surface area contributed by atoms with Crippen LogP contribution in [0.1, 0.15) is 37.4 Å². The third-order valence-corrected chi connectivity index (χ3v) is 3.99. The van der Waals surface area contributed by atoms with Gasteiger partial charge in [-0.15, -0.1) is 0 Å². The molecule has 7 heteroatoms. The van der Waals surface area contributed by atoms with Crippen LogP contribution >= 0.6 is 0 Å². The predicted octanol–water partition coefficient (Wildman–Crippen LogP) is 1.99. The fraction of sp³-hybridized carbons (Fsp3) is 0.818. The number of rotatable bonds is 2. The van der Waals surface area contributed by atoms with Crippen molar-refractivity contribution in [1.82, 2.24) is 15.5 Å². The summed E-state index contributed by atoms with van der Waals surface area (Å²) in [5.41, 5.74) is -2.00. The van der Waals surface area contributed by atoms with Crippen LogP contribution in [0.15, 0.2) is 4.52 Å². The van der Waals surface area contributed by atoms with E-state index in [0.29, 0.717) is 18.3 Å². The molecule has 1 saturated heterocycles. The van der Waals surface area contributed by atoms with Crippen molar-refractivity contribution in [2.45, 2.75) is 37.3 Å². The van der Waals surface area contributed by atoms with E-state index >= 15 is 0 Å². The molecule has 3 rings (SSSR count). The van der Waals surface area contributed by atoms with Gasteiger partial charge in [-0.2, -0.15) is 18.2 Å². The molecule has 2 aliphatic rings. The van der Waals surface area contributed by atoms with Gasteiger partial charge in [-0.1, -0.05) is 12.1 Å². The molecule has 0 spiro atoms. The summed E-state index contributed by atoms with van der Waals surface area (Å²) < 4.78 is 44.6. The minimum absolute atomic E-state index is 0.0433. The first kappa shape index (κ1) is 12.0. The lowest BCUT2D eigenvalue weighted by molar-refractivity contribution is -0.191. The van der Waals surface area contributed by atoms with Crippen LogP contribution in [-0.2, 0) is 5.41 Å². The van der Waals surface area contributed by atoms with E-state index in [2.05, 4.69) is 15.5 Å². The van der Waals surface area contributed by atoms with E-state index in [1.165, 1.54) is 0 Å². The molecule has 1 saturated carbocycles. The zero-order valence-electron chi connectivity index (χ0n) is 9.92. The Bertz CT molecular complexity index is 451. The third-order valence-electron chi connectivity index (χ3n) is 3.99. The van der Waals surface area contributed by atoms with Crippen LogP contribution in [0.5, 0.6) is 0 Å². The van der Waals surface area contributed by atoms with Crippen LogP contribution in [0.2, 0.25) is 0 Å². The Morgan fingerprint density at radius 1 is 1.44 bits per heavy atom. The normalized spacial score (nSPS) is 36.0. The second-order valence-electron chi connectivity index (χ2n) is 5.28. The van der Waals surface area contributed by atoms with E-state index in [0.717, 1.165) is 6.42 Å². The van der Waals surface area contributed by atoms with Crippen molar-refractivity contribution in [1.29, 1.82) is 0 Å². The van der Waals surface area contributed by atoms with Crippen molar-refractivity contribution in [2.75, 3.05) is 13.1 Å². The first-order valence-corrected chi connectivity index (χ1v) is 6.05. The number of alkyl halides is 3. The zero-order chi connectivity index (χ0) is 13.0. The molecule has 2 heterocycles. The fourth-order valence-corrected chi connectivity index (χ4v) is 2.50. The predicted molar refractivity (Wildman–Crippen MR) is 56.0 cm³/mol. The molecule has 2 fully saturated rings. The number of nitrogens with one attached hydrogen (secondary N) is 1. The molecule has 3 unspecified atom stereocenters. The molecule has 0 radical (unpaired) electrons. The van der Waals surface area contributed by atoms with Crippen LogP contribution in [0.4, 0.5) is 13.2 Å². The standard InChI is InChI=1S/C11H14F3N3O/c1-6-4-7(6)8-16-9(18-17-8)10(11(12,13)14)2-3-15-5-10/h6-7,15H,2-5H2,1H3. The highest BCUT2D eigenvalue weighted by Gasteiger charge is 2.61. The summed E-state index contributed by atoms with van der Waals surface area (Å²) in [5.74, 6) is 0.753. The highest BCUT2D eigenvalue weighted by Crippen LogP contribution is 2.48. The average molecular weight is 261 g/mol. The van der Waals surface area contributed by atoms with Gasteiger partial charge in [-0.3, -0.25) is 0 Å². The summed E-state index contributed by atoms with van der Waals surface area (Å²) in [6.07, 6.45) is -3.48. The first-order valence-electron chi connectivity index (χ1n) is 6.05. The summed E-state index contributed by atoms with van der Waals surface area (Å²) in [7, 11) is 0. The van der Waals surface area contributed by atoms with Gasteiger partial charge in [0.05, 0.1) is 0 Å². The fourth-order valence-electron chi connectivity index (χ4n) is 2.50. The van der Waals surface area contributed by atoms with Gasteiger partial charge in [-0.05, 0) is 25.3 Å². The Kier molecular flexibility index (Phi) is 2.45. The Hall–Kier alpha value is -1.11. The molecule has 0 bridgehead atoms. The number of hydrogen-bond acceptors (Lipinski definition) is 4. The van der Waals surface area contributed by atoms with Gasteiger partial charge in [0.1, 0.15) is 0 Å². The second kappa shape index (κ2) is 3.69. The van der Waals surface area contributed by atoms with Gasteiger partial charge < -0.3 is 9.84 Å². The zero-order valence-corrected chi connectivity index (χ0v) is 9.92. The molecule has 1 aliphatic carbocycles. The van der Waals surface area contributed by atoms with Crippen LogP contribution < -0.4 is 5.32 Å². The third kappa shape index (κ3) is 1.64. The van der Waals surface area contributed by atoms with E-state index in [1.54, 1.807) is 0 Å². The number of aromatic nitrogens is 2. The summed E-state index contributed by atoms with van der Waals surface area (Å²) >= 11 is 0. The van der Waals surface area contributed by atoms with Crippen molar-refractivity contribution in [3.05, 3.63) is 11.7 Å². The Morgan fingerprint density at radius 3 is 2.67 bits per heavy atom. The van der Waals surface area contributed by atoms with E-state index in [9.17, 15) is 13.2 Å². The first-order chi connectivity index (χ1) is 8.44. The maximum Gasteiger partial charge on any atom is 0.404 e. The van der Waals surface area contributed by atoms with Gasteiger partial charge in [0.2, 0.25) is 5.89 Å². The Morgan fingerprint density at radius 2 is 2.17 bits per heavy atom. The highest BCUT2D eigenvalue weighted by atomic mass is 19.4. The topological polar surface area (TPSA) is 51.0 Å². The van der Waals surface area contributed by atoms with Gasteiger partial charge in [0.25, 0.3) is 0 Å². The van der Waals surface area contributed by atoms with Gasteiger partial charge in [-0.25, -0.2) is 0 Å². The summed E-state index contributed by atoms with van der Waals surface area (Å²) in [6.45, 7) is 2.16. The highest BCUT2D eigenvalue weighted by molar-refractivity contribution is 5.17. The van der Waals surface area contributed by atoms with E-state index in [4.69, 9.17) is 4.52 Å². The van der Waals surface area contributed by atoms with Gasteiger partial charge in [0.15, 0.2) is 11.2 Å². The van der Waals surface area contributed by atoms with Crippen molar-refractivity contribution < 1.29 is 17.7 Å². The van der Waals surface area contributed by atoms with E-state index in [1.807, 2.05) is 6.92 Å². The maximum atomic E-state index is 13.2. The van der Waals surface area contributed by atoms with Gasteiger partial charge in [0, 0.05) is 12.5 Å². The maximum absolute atomic E-state index is 13.2. The molecular formula is C11H14F3N3O. The molecule has 0 amide bonds. The Balaban J connectivity index is 1.93. The second-order valence-corrected chi connectivity index (χ2v) is 5.28. The SMILES string of the molecule is CC1CC1c1noc(C2(C(F)(F)F)CCNC2)n1. The molecule has 1 aromatic rings. The molecule has 1 aliphatic heterocycles. The number of nitrogens with zero attached hydrogens (tertiary/aromatic N) is 2. The van der Waals surface area contributed by atoms with Crippen LogP contribution in [0.3, 0.4) is 0 Å². The lowest BCUT2D eigenvalue weighted by Gasteiger charge is -2.26. The summed E-state index contributed by atoms with van der Waals surface area (Å²) in [5, 5.41) is 6.45. The lowest BCUT2D eigenvalue weighted by Crippen LogP contribution is -2.44. The monoisotopic (exact) mass is 261 g/mol. The minimum Gasteiger partial charge on any atom is -0.338 e. The number of hydrogen-bond donors (Lipinski definition) is 1. The molecular weight excluding hydrogens is 247 g/mol. The van der Waals surface area contributed by atoms with E-state index < -0.39 is 11.6 Å². The smallest absolute Gasteiger partial charge is 0.338 e. The number of halogens is 3. The average Bonchev–Trinajstić information content (AvgIpc) is 2.78. The Labute approximate surface area is 102 Å². The lowest BCUT2D eigenvalue weighted by atomic mass is 9.86. The van der Waals surface area contributed by atoms with E-state index in [-0.39, 0.29) is 24.8 Å². The van der Waals surface area contributed by atoms with Gasteiger partial charge >= 0.3 is 6.18 Å². The van der Waals surface area contributed by atoms with Crippen molar-refractivity contribution in [2.24, 2.45) is 5.92 Å². The minimum atomic E-state index is -4.37. The summed E-state index contributed by atoms with van der Waals surface area (Å²) in [4.78, 5) is 4.01. The van der Waals surface area contributed by atoms with Crippen LogP contribution in [0.25, 0.3) is 0 Å². The molecule has 18 heavy (non-hydrogen) atoms. The molecule has 1 aromatic heterocycles. The van der Waals surface area contributed by atoms with Crippen LogP contribution in [0, 0.1) is 5.92 Å². The molecule has 100 valence electrons. The summed E-state index contributed by atoms with van der Waals surface area (Å²) in [6, 6.07) is 0. The molecule has 0 aromatic carbocycles. The van der Waals surface area contributed by atoms with Crippen molar-refractivity contribution in [3.63, 3.8) is 0 Å². The molecule has 4 nitrogen and oxygen atoms in total. The van der Waals surface area contributed by atoms with Crippen molar-refractivity contribution >= 4 is 0 Å². The molecule has 1 N–H and O–H groups in total. The quantitative estimate of drug-likeness (QED) is 0.884.